The van der Waals surface area contributed by atoms with E-state index in [0.717, 1.165) is 30.0 Å². The third-order valence-electron chi connectivity index (χ3n) is 3.92. The first-order chi connectivity index (χ1) is 11.7. The Hall–Kier alpha value is -2.31. The van der Waals surface area contributed by atoms with Crippen molar-refractivity contribution in [3.63, 3.8) is 0 Å². The van der Waals surface area contributed by atoms with Crippen molar-refractivity contribution in [2.24, 2.45) is 5.10 Å². The molecule has 1 aliphatic rings. The molecule has 0 aliphatic carbocycles. The number of thiocarbonyl (C=S) groups is 1. The van der Waals surface area contributed by atoms with Gasteiger partial charge in [-0.1, -0.05) is 30.3 Å². The van der Waals surface area contributed by atoms with Crippen LogP contribution < -0.4 is 10.9 Å². The van der Waals surface area contributed by atoms with Crippen LogP contribution in [0.5, 0.6) is 0 Å². The molecule has 0 unspecified atom stereocenters. The Bertz CT molecular complexity index is 738. The summed E-state index contributed by atoms with van der Waals surface area (Å²) in [5.41, 5.74) is 10.0. The second-order valence-electron chi connectivity index (χ2n) is 5.77. The minimum atomic E-state index is 0.503. The molecule has 1 aromatic carbocycles. The molecule has 1 saturated heterocycles. The maximum absolute atomic E-state index is 5.23. The lowest BCUT2D eigenvalue weighted by Gasteiger charge is -2.17. The van der Waals surface area contributed by atoms with Crippen LogP contribution in [0.4, 0.5) is 0 Å². The SMILES string of the molecule is Cc1ccccc1-c1cccc(C=NNC(=S)NN2CCCC2)n1. The van der Waals surface area contributed by atoms with Gasteiger partial charge in [0.2, 0.25) is 5.11 Å². The van der Waals surface area contributed by atoms with E-state index >= 15 is 0 Å². The zero-order valence-electron chi connectivity index (χ0n) is 13.7. The maximum Gasteiger partial charge on any atom is 0.201 e. The van der Waals surface area contributed by atoms with Crippen LogP contribution in [0.25, 0.3) is 11.3 Å². The minimum Gasteiger partial charge on any atom is -0.294 e. The largest absolute Gasteiger partial charge is 0.294 e. The second-order valence-corrected chi connectivity index (χ2v) is 6.18. The van der Waals surface area contributed by atoms with E-state index < -0.39 is 0 Å². The van der Waals surface area contributed by atoms with Crippen molar-refractivity contribution in [2.75, 3.05) is 13.1 Å². The molecule has 0 amide bonds. The first-order valence-corrected chi connectivity index (χ1v) is 8.51. The number of aryl methyl sites for hydroxylation is 1. The van der Waals surface area contributed by atoms with Crippen LogP contribution in [-0.4, -0.2) is 34.4 Å². The van der Waals surface area contributed by atoms with Crippen LogP contribution in [0, 0.1) is 6.92 Å². The van der Waals surface area contributed by atoms with Crippen molar-refractivity contribution in [3.8, 4) is 11.3 Å². The fraction of sp³-hybridized carbons (Fsp3) is 0.278. The standard InChI is InChI=1S/C18H21N5S/c1-14-7-2-3-9-16(14)17-10-6-8-15(20-17)13-19-21-18(24)22-23-11-4-5-12-23/h2-3,6-10,13H,4-5,11-12H2,1H3,(H2,21,22,24). The molecule has 5 nitrogen and oxygen atoms in total. The molecule has 0 radical (unpaired) electrons. The predicted octanol–water partition coefficient (Wildman–Crippen LogP) is 2.87. The number of hydrazone groups is 1. The van der Waals surface area contributed by atoms with Gasteiger partial charge in [-0.25, -0.2) is 9.99 Å². The summed E-state index contributed by atoms with van der Waals surface area (Å²) in [6.45, 7) is 4.12. The summed E-state index contributed by atoms with van der Waals surface area (Å²) in [5, 5.41) is 6.78. The highest BCUT2D eigenvalue weighted by Gasteiger charge is 2.11. The molecular formula is C18H21N5S. The number of nitrogens with zero attached hydrogens (tertiary/aromatic N) is 3. The maximum atomic E-state index is 5.23. The normalized spacial score (nSPS) is 14.9. The Morgan fingerprint density at radius 1 is 1.17 bits per heavy atom. The van der Waals surface area contributed by atoms with Gasteiger partial charge in [-0.05, 0) is 49.7 Å². The quantitative estimate of drug-likeness (QED) is 0.510. The van der Waals surface area contributed by atoms with Crippen LogP contribution >= 0.6 is 12.2 Å². The van der Waals surface area contributed by atoms with Crippen LogP contribution in [0.15, 0.2) is 47.6 Å². The summed E-state index contributed by atoms with van der Waals surface area (Å²) >= 11 is 5.23. The summed E-state index contributed by atoms with van der Waals surface area (Å²) in [6.07, 6.45) is 4.09. The summed E-state index contributed by atoms with van der Waals surface area (Å²) in [7, 11) is 0. The number of rotatable bonds is 4. The van der Waals surface area contributed by atoms with E-state index in [9.17, 15) is 0 Å². The third kappa shape index (κ3) is 4.37. The smallest absolute Gasteiger partial charge is 0.201 e. The number of hydrogen-bond acceptors (Lipinski definition) is 4. The first kappa shape index (κ1) is 16.5. The third-order valence-corrected chi connectivity index (χ3v) is 4.10. The van der Waals surface area contributed by atoms with Gasteiger partial charge >= 0.3 is 0 Å². The summed E-state index contributed by atoms with van der Waals surface area (Å²) < 4.78 is 0. The van der Waals surface area contributed by atoms with Crippen LogP contribution in [0.2, 0.25) is 0 Å². The average molecular weight is 339 g/mol. The van der Waals surface area contributed by atoms with Crippen LogP contribution in [0.1, 0.15) is 24.1 Å². The van der Waals surface area contributed by atoms with Gasteiger partial charge < -0.3 is 0 Å². The van der Waals surface area contributed by atoms with Crippen molar-refractivity contribution < 1.29 is 0 Å². The van der Waals surface area contributed by atoms with Crippen molar-refractivity contribution in [2.45, 2.75) is 19.8 Å². The first-order valence-electron chi connectivity index (χ1n) is 8.10. The molecule has 0 atom stereocenters. The highest BCUT2D eigenvalue weighted by Crippen LogP contribution is 2.20. The van der Waals surface area contributed by atoms with Crippen molar-refractivity contribution in [3.05, 3.63) is 53.7 Å². The number of aromatic nitrogens is 1. The lowest BCUT2D eigenvalue weighted by molar-refractivity contribution is 0.294. The van der Waals surface area contributed by atoms with E-state index in [1.165, 1.54) is 18.4 Å². The van der Waals surface area contributed by atoms with Gasteiger partial charge in [0.05, 0.1) is 17.6 Å². The zero-order chi connectivity index (χ0) is 16.8. The lowest BCUT2D eigenvalue weighted by Crippen LogP contribution is -2.44. The molecule has 124 valence electrons. The Morgan fingerprint density at radius 3 is 2.75 bits per heavy atom. The number of pyridine rings is 1. The fourth-order valence-electron chi connectivity index (χ4n) is 2.69. The molecule has 1 aromatic heterocycles. The van der Waals surface area contributed by atoms with Crippen LogP contribution in [-0.2, 0) is 0 Å². The van der Waals surface area contributed by atoms with Gasteiger partial charge in [-0.3, -0.25) is 10.9 Å². The lowest BCUT2D eigenvalue weighted by atomic mass is 10.1. The van der Waals surface area contributed by atoms with Gasteiger partial charge in [0.1, 0.15) is 0 Å². The topological polar surface area (TPSA) is 52.6 Å². The van der Waals surface area contributed by atoms with E-state index in [1.54, 1.807) is 6.21 Å². The molecule has 2 N–H and O–H groups in total. The second kappa shape index (κ2) is 7.99. The van der Waals surface area contributed by atoms with E-state index in [1.807, 2.05) is 30.3 Å². The van der Waals surface area contributed by atoms with Crippen molar-refractivity contribution >= 4 is 23.5 Å². The Kier molecular flexibility index (Phi) is 5.51. The summed E-state index contributed by atoms with van der Waals surface area (Å²) in [6, 6.07) is 14.1. The molecule has 24 heavy (non-hydrogen) atoms. The van der Waals surface area contributed by atoms with Gasteiger partial charge in [0.25, 0.3) is 0 Å². The summed E-state index contributed by atoms with van der Waals surface area (Å²) in [4.78, 5) is 4.64. The Morgan fingerprint density at radius 2 is 1.96 bits per heavy atom. The van der Waals surface area contributed by atoms with E-state index in [0.29, 0.717) is 5.11 Å². The fourth-order valence-corrected chi connectivity index (χ4v) is 2.87. The Labute approximate surface area is 147 Å². The highest BCUT2D eigenvalue weighted by molar-refractivity contribution is 7.80. The van der Waals surface area contributed by atoms with Gasteiger partial charge in [-0.15, -0.1) is 0 Å². The monoisotopic (exact) mass is 339 g/mol. The van der Waals surface area contributed by atoms with Gasteiger partial charge in [-0.2, -0.15) is 5.10 Å². The van der Waals surface area contributed by atoms with E-state index in [-0.39, 0.29) is 0 Å². The molecule has 3 rings (SSSR count). The Balaban J connectivity index is 1.62. The number of benzene rings is 1. The molecule has 0 spiro atoms. The molecular weight excluding hydrogens is 318 g/mol. The highest BCUT2D eigenvalue weighted by atomic mass is 32.1. The zero-order valence-corrected chi connectivity index (χ0v) is 14.5. The average Bonchev–Trinajstić information content (AvgIpc) is 3.08. The molecule has 0 bridgehead atoms. The molecule has 2 aromatic rings. The number of nitrogens with one attached hydrogen (secondary N) is 2. The minimum absolute atomic E-state index is 0.503. The molecule has 1 fully saturated rings. The molecule has 0 saturated carbocycles. The predicted molar refractivity (Wildman–Crippen MR) is 102 cm³/mol. The summed E-state index contributed by atoms with van der Waals surface area (Å²) in [5.74, 6) is 0. The number of hydrogen-bond donors (Lipinski definition) is 2. The van der Waals surface area contributed by atoms with Gasteiger partial charge in [0.15, 0.2) is 0 Å². The number of hydrazine groups is 1. The molecule has 2 heterocycles. The molecule has 1 aliphatic heterocycles. The van der Waals surface area contributed by atoms with Crippen LogP contribution in [0.3, 0.4) is 0 Å². The van der Waals surface area contributed by atoms with E-state index in [4.69, 9.17) is 12.2 Å². The van der Waals surface area contributed by atoms with Crippen molar-refractivity contribution in [1.82, 2.24) is 20.8 Å². The van der Waals surface area contributed by atoms with Crippen molar-refractivity contribution in [1.29, 1.82) is 0 Å². The van der Waals surface area contributed by atoms with Gasteiger partial charge in [0, 0.05) is 18.7 Å². The molecule has 6 heteroatoms. The van der Waals surface area contributed by atoms with E-state index in [2.05, 4.69) is 45.0 Å².